The molecule has 1 unspecified atom stereocenters. The standard InChI is InChI=1S/C23H34N2O3/c1-17-15-18(9-12-22(17)28-4)7-5-6-8-21(27)20-11-10-19(25(20)3)13-14-23(2,24)16-26/h9-12,15,26H,5-8,13-14,16,24H2,1-4H3. The Kier molecular flexibility index (Phi) is 7.84. The van der Waals surface area contributed by atoms with Crippen LogP contribution in [-0.4, -0.2) is 34.7 Å². The second-order valence-electron chi connectivity index (χ2n) is 8.02. The molecule has 28 heavy (non-hydrogen) atoms. The van der Waals surface area contributed by atoms with Crippen molar-refractivity contribution >= 4 is 5.78 Å². The van der Waals surface area contributed by atoms with Crippen LogP contribution >= 0.6 is 0 Å². The molecule has 0 saturated heterocycles. The van der Waals surface area contributed by atoms with Crippen molar-refractivity contribution in [3.8, 4) is 5.75 Å². The maximum absolute atomic E-state index is 12.6. The number of hydrogen-bond donors (Lipinski definition) is 2. The molecule has 3 N–H and O–H groups in total. The summed E-state index contributed by atoms with van der Waals surface area (Å²) in [6.45, 7) is 3.84. The minimum absolute atomic E-state index is 0.0447. The summed E-state index contributed by atoms with van der Waals surface area (Å²) < 4.78 is 7.26. The van der Waals surface area contributed by atoms with E-state index in [0.29, 0.717) is 12.8 Å². The molecular formula is C23H34N2O3. The third kappa shape index (κ3) is 5.94. The molecule has 5 heteroatoms. The Bertz CT molecular complexity index is 793. The van der Waals surface area contributed by atoms with Crippen LogP contribution < -0.4 is 10.5 Å². The first-order valence-corrected chi connectivity index (χ1v) is 9.98. The lowest BCUT2D eigenvalue weighted by Crippen LogP contribution is -2.40. The van der Waals surface area contributed by atoms with E-state index in [0.717, 1.165) is 48.4 Å². The lowest BCUT2D eigenvalue weighted by Gasteiger charge is -2.21. The summed E-state index contributed by atoms with van der Waals surface area (Å²) in [6, 6.07) is 10.1. The summed E-state index contributed by atoms with van der Waals surface area (Å²) in [5.41, 5.74) is 9.65. The normalized spacial score (nSPS) is 13.4. The molecule has 0 radical (unpaired) electrons. The molecule has 1 atom stereocenters. The van der Waals surface area contributed by atoms with Crippen LogP contribution in [0.3, 0.4) is 0 Å². The average molecular weight is 387 g/mol. The average Bonchev–Trinajstić information content (AvgIpc) is 3.04. The Morgan fingerprint density at radius 3 is 2.61 bits per heavy atom. The molecule has 0 amide bonds. The number of carbonyl (C=O) groups excluding carboxylic acids is 1. The number of benzene rings is 1. The first-order chi connectivity index (χ1) is 13.3. The van der Waals surface area contributed by atoms with Gasteiger partial charge in [-0.15, -0.1) is 0 Å². The lowest BCUT2D eigenvalue weighted by atomic mass is 9.97. The van der Waals surface area contributed by atoms with Crippen LogP contribution in [-0.2, 0) is 19.9 Å². The Labute approximate surface area is 168 Å². The van der Waals surface area contributed by atoms with E-state index in [1.54, 1.807) is 7.11 Å². The third-order valence-corrected chi connectivity index (χ3v) is 5.40. The van der Waals surface area contributed by atoms with Gasteiger partial charge >= 0.3 is 0 Å². The second kappa shape index (κ2) is 9.89. The molecular weight excluding hydrogens is 352 g/mol. The third-order valence-electron chi connectivity index (χ3n) is 5.40. The smallest absolute Gasteiger partial charge is 0.179 e. The van der Waals surface area contributed by atoms with Crippen molar-refractivity contribution in [1.82, 2.24) is 4.57 Å². The molecule has 2 rings (SSSR count). The monoisotopic (exact) mass is 386 g/mol. The van der Waals surface area contributed by atoms with Gasteiger partial charge in [-0.25, -0.2) is 0 Å². The summed E-state index contributed by atoms with van der Waals surface area (Å²) in [7, 11) is 3.61. The number of rotatable bonds is 11. The summed E-state index contributed by atoms with van der Waals surface area (Å²) >= 11 is 0. The number of aliphatic hydroxyl groups excluding tert-OH is 1. The van der Waals surface area contributed by atoms with E-state index in [2.05, 4.69) is 12.1 Å². The van der Waals surface area contributed by atoms with Gasteiger partial charge in [0.25, 0.3) is 0 Å². The lowest BCUT2D eigenvalue weighted by molar-refractivity contribution is 0.0971. The fourth-order valence-corrected chi connectivity index (χ4v) is 3.42. The molecule has 0 aliphatic heterocycles. The fraction of sp³-hybridized carbons (Fsp3) is 0.522. The largest absolute Gasteiger partial charge is 0.496 e. The van der Waals surface area contributed by atoms with Crippen LogP contribution in [0.4, 0.5) is 0 Å². The van der Waals surface area contributed by atoms with Crippen LogP contribution in [0.15, 0.2) is 30.3 Å². The van der Waals surface area contributed by atoms with Crippen LogP contribution in [0.5, 0.6) is 5.75 Å². The van der Waals surface area contributed by atoms with Crippen LogP contribution in [0, 0.1) is 6.92 Å². The molecule has 0 bridgehead atoms. The van der Waals surface area contributed by atoms with Crippen molar-refractivity contribution in [3.05, 3.63) is 52.8 Å². The molecule has 0 aliphatic rings. The molecule has 0 fully saturated rings. The number of ketones is 1. The number of Topliss-reactive ketones (excluding diaryl/α,β-unsaturated/α-hetero) is 1. The molecule has 2 aromatic rings. The predicted octanol–water partition coefficient (Wildman–Crippen LogP) is 3.58. The molecule has 0 spiro atoms. The highest BCUT2D eigenvalue weighted by molar-refractivity contribution is 5.94. The van der Waals surface area contributed by atoms with E-state index in [-0.39, 0.29) is 12.4 Å². The Hall–Kier alpha value is -2.11. The second-order valence-corrected chi connectivity index (χ2v) is 8.02. The number of aliphatic hydroxyl groups is 1. The number of hydrogen-bond acceptors (Lipinski definition) is 4. The van der Waals surface area contributed by atoms with E-state index in [4.69, 9.17) is 10.5 Å². The zero-order chi connectivity index (χ0) is 20.7. The topological polar surface area (TPSA) is 77.5 Å². The summed E-state index contributed by atoms with van der Waals surface area (Å²) in [5.74, 6) is 1.09. The van der Waals surface area contributed by atoms with Crippen molar-refractivity contribution in [2.45, 2.75) is 57.9 Å². The van der Waals surface area contributed by atoms with Gasteiger partial charge in [-0.2, -0.15) is 0 Å². The van der Waals surface area contributed by atoms with Gasteiger partial charge in [-0.1, -0.05) is 12.1 Å². The number of aromatic nitrogens is 1. The predicted molar refractivity (Wildman–Crippen MR) is 113 cm³/mol. The van der Waals surface area contributed by atoms with Crippen LogP contribution in [0.1, 0.15) is 59.9 Å². The van der Waals surface area contributed by atoms with Gasteiger partial charge in [0, 0.05) is 24.7 Å². The molecule has 1 aromatic carbocycles. The SMILES string of the molecule is COc1ccc(CCCCC(=O)c2ccc(CCC(C)(N)CO)n2C)cc1C. The summed E-state index contributed by atoms with van der Waals surface area (Å²) in [6.07, 6.45) is 4.79. The van der Waals surface area contributed by atoms with E-state index in [1.807, 2.05) is 43.7 Å². The highest BCUT2D eigenvalue weighted by Gasteiger charge is 2.19. The highest BCUT2D eigenvalue weighted by atomic mass is 16.5. The van der Waals surface area contributed by atoms with Crippen LogP contribution in [0.25, 0.3) is 0 Å². The van der Waals surface area contributed by atoms with Crippen molar-refractivity contribution in [2.24, 2.45) is 12.8 Å². The number of nitrogens with zero attached hydrogens (tertiary/aromatic N) is 1. The van der Waals surface area contributed by atoms with Gasteiger partial charge < -0.3 is 20.1 Å². The summed E-state index contributed by atoms with van der Waals surface area (Å²) in [5, 5.41) is 9.29. The molecule has 0 saturated carbocycles. The highest BCUT2D eigenvalue weighted by Crippen LogP contribution is 2.20. The Morgan fingerprint density at radius 1 is 1.21 bits per heavy atom. The van der Waals surface area contributed by atoms with Crippen molar-refractivity contribution in [3.63, 3.8) is 0 Å². The first-order valence-electron chi connectivity index (χ1n) is 9.98. The number of ether oxygens (including phenoxy) is 1. The quantitative estimate of drug-likeness (QED) is 0.457. The van der Waals surface area contributed by atoms with Gasteiger partial charge in [0.05, 0.1) is 19.4 Å². The van der Waals surface area contributed by atoms with Gasteiger partial charge in [-0.05, 0) is 75.3 Å². The van der Waals surface area contributed by atoms with E-state index >= 15 is 0 Å². The first kappa shape index (κ1) is 22.2. The number of methoxy groups -OCH3 is 1. The maximum atomic E-state index is 12.6. The van der Waals surface area contributed by atoms with Gasteiger partial charge in [0.2, 0.25) is 0 Å². The van der Waals surface area contributed by atoms with E-state index < -0.39 is 5.54 Å². The molecule has 0 aliphatic carbocycles. The minimum atomic E-state index is -0.589. The zero-order valence-electron chi connectivity index (χ0n) is 17.6. The van der Waals surface area contributed by atoms with E-state index in [1.165, 1.54) is 5.56 Å². The van der Waals surface area contributed by atoms with E-state index in [9.17, 15) is 9.90 Å². The van der Waals surface area contributed by atoms with Crippen molar-refractivity contribution in [2.75, 3.05) is 13.7 Å². The number of aryl methyl sites for hydroxylation is 3. The maximum Gasteiger partial charge on any atom is 0.179 e. The molecule has 154 valence electrons. The van der Waals surface area contributed by atoms with Crippen LogP contribution in [0.2, 0.25) is 0 Å². The number of carbonyl (C=O) groups is 1. The zero-order valence-corrected chi connectivity index (χ0v) is 17.6. The van der Waals surface area contributed by atoms with Crippen molar-refractivity contribution < 1.29 is 14.6 Å². The number of nitrogens with two attached hydrogens (primary N) is 1. The number of unbranched alkanes of at least 4 members (excludes halogenated alkanes) is 1. The summed E-state index contributed by atoms with van der Waals surface area (Å²) in [4.78, 5) is 12.6. The Morgan fingerprint density at radius 2 is 1.96 bits per heavy atom. The minimum Gasteiger partial charge on any atom is -0.496 e. The van der Waals surface area contributed by atoms with Gasteiger partial charge in [-0.3, -0.25) is 4.79 Å². The molecule has 5 nitrogen and oxygen atoms in total. The Balaban J connectivity index is 1.82. The molecule has 1 heterocycles. The van der Waals surface area contributed by atoms with Gasteiger partial charge in [0.15, 0.2) is 5.78 Å². The van der Waals surface area contributed by atoms with Crippen molar-refractivity contribution in [1.29, 1.82) is 0 Å². The fourth-order valence-electron chi connectivity index (χ4n) is 3.42. The van der Waals surface area contributed by atoms with Gasteiger partial charge in [0.1, 0.15) is 5.75 Å². The molecule has 1 aromatic heterocycles.